The predicted octanol–water partition coefficient (Wildman–Crippen LogP) is 2.49. The highest BCUT2D eigenvalue weighted by Gasteiger charge is 2.09. The summed E-state index contributed by atoms with van der Waals surface area (Å²) in [7, 11) is 0. The maximum Gasteiger partial charge on any atom is 0.135 e. The molecule has 0 fully saturated rings. The van der Waals surface area contributed by atoms with Gasteiger partial charge in [-0.15, -0.1) is 0 Å². The topological polar surface area (TPSA) is 42.9 Å². The average molecular weight is 257 g/mol. The van der Waals surface area contributed by atoms with E-state index in [1.165, 1.54) is 0 Å². The highest BCUT2D eigenvalue weighted by Crippen LogP contribution is 2.17. The van der Waals surface area contributed by atoms with Crippen molar-refractivity contribution in [3.63, 3.8) is 0 Å². The Balaban J connectivity index is 3.02. The van der Waals surface area contributed by atoms with Crippen molar-refractivity contribution in [2.75, 3.05) is 0 Å². The molecule has 1 aromatic rings. The molecule has 0 unspecified atom stereocenters. The lowest BCUT2D eigenvalue weighted by molar-refractivity contribution is -0.116. The van der Waals surface area contributed by atoms with E-state index >= 15 is 0 Å². The van der Waals surface area contributed by atoms with Crippen molar-refractivity contribution < 1.29 is 4.79 Å². The van der Waals surface area contributed by atoms with Crippen LogP contribution in [0.1, 0.15) is 38.2 Å². The fourth-order valence-corrected chi connectivity index (χ4v) is 1.39. The van der Waals surface area contributed by atoms with E-state index in [-0.39, 0.29) is 11.7 Å². The Kier molecular flexibility index (Phi) is 3.75. The van der Waals surface area contributed by atoms with Gasteiger partial charge in [-0.1, -0.05) is 13.8 Å². The first-order valence-corrected chi connectivity index (χ1v) is 5.30. The third kappa shape index (κ3) is 2.87. The number of halogens is 1. The molecule has 76 valence electrons. The summed E-state index contributed by atoms with van der Waals surface area (Å²) in [4.78, 5) is 19.5. The molecule has 0 saturated carbocycles. The fraction of sp³-hybridized carbons (Fsp3) is 0.500. The minimum Gasteiger partial charge on any atom is -0.300 e. The second kappa shape index (κ2) is 4.64. The molecule has 0 aliphatic rings. The summed E-state index contributed by atoms with van der Waals surface area (Å²) in [6, 6.07) is 0. The standard InChI is InChI=1S/C10H13BrN2O/c1-6(2)10-12-5-8(11)9(13-10)4-7(3)14/h5-6H,4H2,1-3H3. The van der Waals surface area contributed by atoms with E-state index in [9.17, 15) is 4.79 Å². The smallest absolute Gasteiger partial charge is 0.135 e. The maximum atomic E-state index is 11.0. The summed E-state index contributed by atoms with van der Waals surface area (Å²) in [6.07, 6.45) is 2.07. The number of hydrogen-bond donors (Lipinski definition) is 0. The fourth-order valence-electron chi connectivity index (χ4n) is 1.06. The van der Waals surface area contributed by atoms with Gasteiger partial charge in [-0.2, -0.15) is 0 Å². The molecule has 4 heteroatoms. The molecule has 3 nitrogen and oxygen atoms in total. The van der Waals surface area contributed by atoms with Gasteiger partial charge in [0.25, 0.3) is 0 Å². The van der Waals surface area contributed by atoms with Crippen molar-refractivity contribution in [3.05, 3.63) is 22.2 Å². The van der Waals surface area contributed by atoms with Gasteiger partial charge >= 0.3 is 0 Å². The minimum atomic E-state index is 0.110. The predicted molar refractivity (Wildman–Crippen MR) is 58.2 cm³/mol. The van der Waals surface area contributed by atoms with Gasteiger partial charge in [0.05, 0.1) is 10.2 Å². The van der Waals surface area contributed by atoms with Crippen molar-refractivity contribution in [2.24, 2.45) is 0 Å². The van der Waals surface area contributed by atoms with Crippen LogP contribution in [-0.2, 0) is 11.2 Å². The van der Waals surface area contributed by atoms with E-state index in [4.69, 9.17) is 0 Å². The summed E-state index contributed by atoms with van der Waals surface area (Å²) in [6.45, 7) is 5.62. The Morgan fingerprint density at radius 3 is 2.71 bits per heavy atom. The molecular weight excluding hydrogens is 244 g/mol. The number of hydrogen-bond acceptors (Lipinski definition) is 3. The molecule has 14 heavy (non-hydrogen) atoms. The Morgan fingerprint density at radius 2 is 2.21 bits per heavy atom. The van der Waals surface area contributed by atoms with E-state index < -0.39 is 0 Å². The summed E-state index contributed by atoms with van der Waals surface area (Å²) >= 11 is 3.33. The van der Waals surface area contributed by atoms with Crippen molar-refractivity contribution in [3.8, 4) is 0 Å². The van der Waals surface area contributed by atoms with Crippen molar-refractivity contribution >= 4 is 21.7 Å². The maximum absolute atomic E-state index is 11.0. The van der Waals surface area contributed by atoms with Gasteiger partial charge < -0.3 is 0 Å². The van der Waals surface area contributed by atoms with Gasteiger partial charge in [0.2, 0.25) is 0 Å². The molecule has 0 bridgehead atoms. The van der Waals surface area contributed by atoms with Crippen LogP contribution in [0, 0.1) is 0 Å². The first-order chi connectivity index (χ1) is 6.50. The van der Waals surface area contributed by atoms with Gasteiger partial charge in [0.15, 0.2) is 0 Å². The second-order valence-corrected chi connectivity index (χ2v) is 4.41. The van der Waals surface area contributed by atoms with Crippen molar-refractivity contribution in [1.82, 2.24) is 9.97 Å². The molecule has 0 aliphatic heterocycles. The molecular formula is C10H13BrN2O. The van der Waals surface area contributed by atoms with Crippen LogP contribution in [0.3, 0.4) is 0 Å². The van der Waals surface area contributed by atoms with Crippen LogP contribution in [0.2, 0.25) is 0 Å². The molecule has 1 heterocycles. The highest BCUT2D eigenvalue weighted by molar-refractivity contribution is 9.10. The van der Waals surface area contributed by atoms with E-state index in [2.05, 4.69) is 25.9 Å². The molecule has 0 atom stereocenters. The average Bonchev–Trinajstić information content (AvgIpc) is 2.07. The second-order valence-electron chi connectivity index (χ2n) is 3.56. The van der Waals surface area contributed by atoms with Crippen LogP contribution < -0.4 is 0 Å². The number of nitrogens with zero attached hydrogens (tertiary/aromatic N) is 2. The Labute approximate surface area is 92.1 Å². The van der Waals surface area contributed by atoms with E-state index in [1.54, 1.807) is 13.1 Å². The lowest BCUT2D eigenvalue weighted by Crippen LogP contribution is -2.05. The molecule has 1 rings (SSSR count). The van der Waals surface area contributed by atoms with E-state index in [0.717, 1.165) is 16.0 Å². The van der Waals surface area contributed by atoms with Gasteiger partial charge in [-0.25, -0.2) is 9.97 Å². The minimum absolute atomic E-state index is 0.110. The molecule has 0 spiro atoms. The number of Topliss-reactive ketones (excluding diaryl/α,β-unsaturated/α-hetero) is 1. The Bertz CT molecular complexity index is 350. The zero-order chi connectivity index (χ0) is 10.7. The number of carbonyl (C=O) groups is 1. The first-order valence-electron chi connectivity index (χ1n) is 4.51. The third-order valence-electron chi connectivity index (χ3n) is 1.77. The highest BCUT2D eigenvalue weighted by atomic mass is 79.9. The van der Waals surface area contributed by atoms with Gasteiger partial charge in [0.1, 0.15) is 11.6 Å². The SMILES string of the molecule is CC(=O)Cc1nc(C(C)C)ncc1Br. The van der Waals surface area contributed by atoms with Gasteiger partial charge in [-0.3, -0.25) is 4.79 Å². The molecule has 0 amide bonds. The molecule has 0 saturated heterocycles. The lowest BCUT2D eigenvalue weighted by Gasteiger charge is -2.06. The van der Waals surface area contributed by atoms with E-state index in [1.807, 2.05) is 13.8 Å². The third-order valence-corrected chi connectivity index (χ3v) is 2.43. The van der Waals surface area contributed by atoms with Gasteiger partial charge in [-0.05, 0) is 22.9 Å². The quantitative estimate of drug-likeness (QED) is 0.835. The Hall–Kier alpha value is -0.770. The summed E-state index contributed by atoms with van der Waals surface area (Å²) < 4.78 is 0.803. The zero-order valence-corrected chi connectivity index (χ0v) is 10.1. The number of carbonyl (C=O) groups excluding carboxylic acids is 1. The molecule has 1 aromatic heterocycles. The lowest BCUT2D eigenvalue weighted by atomic mass is 10.2. The van der Waals surface area contributed by atoms with Crippen LogP contribution in [-0.4, -0.2) is 15.8 Å². The van der Waals surface area contributed by atoms with Crippen LogP contribution in [0.4, 0.5) is 0 Å². The Morgan fingerprint density at radius 1 is 1.57 bits per heavy atom. The number of aromatic nitrogens is 2. The normalized spacial score (nSPS) is 10.6. The molecule has 0 radical (unpaired) electrons. The number of rotatable bonds is 3. The monoisotopic (exact) mass is 256 g/mol. The van der Waals surface area contributed by atoms with Crippen LogP contribution in [0.25, 0.3) is 0 Å². The molecule has 0 aliphatic carbocycles. The largest absolute Gasteiger partial charge is 0.300 e. The van der Waals surface area contributed by atoms with Gasteiger partial charge in [0, 0.05) is 18.5 Å². The van der Waals surface area contributed by atoms with Crippen LogP contribution >= 0.6 is 15.9 Å². The van der Waals surface area contributed by atoms with Crippen molar-refractivity contribution in [2.45, 2.75) is 33.1 Å². The zero-order valence-electron chi connectivity index (χ0n) is 8.54. The number of ketones is 1. The molecule has 0 N–H and O–H groups in total. The van der Waals surface area contributed by atoms with E-state index in [0.29, 0.717) is 6.42 Å². The summed E-state index contributed by atoms with van der Waals surface area (Å²) in [5, 5.41) is 0. The first kappa shape index (κ1) is 11.3. The van der Waals surface area contributed by atoms with Crippen LogP contribution in [0.15, 0.2) is 10.7 Å². The van der Waals surface area contributed by atoms with Crippen LogP contribution in [0.5, 0.6) is 0 Å². The summed E-state index contributed by atoms with van der Waals surface area (Å²) in [5.74, 6) is 1.18. The van der Waals surface area contributed by atoms with Crippen molar-refractivity contribution in [1.29, 1.82) is 0 Å². The molecule has 0 aromatic carbocycles. The summed E-state index contributed by atoms with van der Waals surface area (Å²) in [5.41, 5.74) is 0.774.